The van der Waals surface area contributed by atoms with Gasteiger partial charge in [-0.15, -0.1) is 0 Å². The smallest absolute Gasteiger partial charge is 0.227 e. The number of fused-ring (bicyclic) bond motifs is 1. The highest BCUT2D eigenvalue weighted by Gasteiger charge is 2.47. The van der Waals surface area contributed by atoms with E-state index in [0.29, 0.717) is 25.3 Å². The summed E-state index contributed by atoms with van der Waals surface area (Å²) in [6, 6.07) is 8.46. The standard InChI is InChI=1S/C23H31NO3/c1-16-14-23(12-6-7-13-23)24(15-17-8-2-3-9-18(16)17)21(25)19-10-4-5-11-20(19)22(26)27/h2-3,8-9,16,19-20H,4-7,10-15H2,1H3,(H,26,27)/p-1/t16-,19-,20+/m1/s1. The molecule has 27 heavy (non-hydrogen) atoms. The molecule has 1 heterocycles. The molecule has 3 aliphatic rings. The van der Waals surface area contributed by atoms with E-state index < -0.39 is 17.8 Å². The number of hydrogen-bond acceptors (Lipinski definition) is 3. The van der Waals surface area contributed by atoms with E-state index >= 15 is 0 Å². The van der Waals surface area contributed by atoms with Gasteiger partial charge in [-0.1, -0.05) is 56.9 Å². The Morgan fingerprint density at radius 1 is 1.04 bits per heavy atom. The normalized spacial score (nSPS) is 30.0. The summed E-state index contributed by atoms with van der Waals surface area (Å²) >= 11 is 0. The summed E-state index contributed by atoms with van der Waals surface area (Å²) < 4.78 is 0. The van der Waals surface area contributed by atoms with Crippen LogP contribution >= 0.6 is 0 Å². The van der Waals surface area contributed by atoms with Gasteiger partial charge in [0.15, 0.2) is 0 Å². The number of rotatable bonds is 2. The van der Waals surface area contributed by atoms with Crippen molar-refractivity contribution in [3.05, 3.63) is 35.4 Å². The zero-order valence-electron chi connectivity index (χ0n) is 16.3. The van der Waals surface area contributed by atoms with Gasteiger partial charge in [0.2, 0.25) is 5.91 Å². The number of carbonyl (C=O) groups excluding carboxylic acids is 2. The minimum Gasteiger partial charge on any atom is -0.550 e. The minimum atomic E-state index is -1.04. The monoisotopic (exact) mass is 368 g/mol. The molecular formula is C23H30NO3-. The summed E-state index contributed by atoms with van der Waals surface area (Å²) in [5, 5.41) is 11.7. The van der Waals surface area contributed by atoms with Gasteiger partial charge >= 0.3 is 0 Å². The molecule has 1 amide bonds. The van der Waals surface area contributed by atoms with Crippen molar-refractivity contribution in [2.45, 2.75) is 82.7 Å². The van der Waals surface area contributed by atoms with Crippen LogP contribution in [0.4, 0.5) is 0 Å². The van der Waals surface area contributed by atoms with Crippen LogP contribution in [-0.2, 0) is 16.1 Å². The molecule has 2 aliphatic carbocycles. The fourth-order valence-electron chi connectivity index (χ4n) is 6.01. The fourth-order valence-corrected chi connectivity index (χ4v) is 6.01. The number of carbonyl (C=O) groups is 2. The van der Waals surface area contributed by atoms with Crippen LogP contribution in [0.1, 0.15) is 81.8 Å². The first kappa shape index (κ1) is 18.5. The second kappa shape index (κ2) is 7.29. The molecule has 1 aromatic carbocycles. The third-order valence-electron chi connectivity index (χ3n) is 7.36. The van der Waals surface area contributed by atoms with Crippen molar-refractivity contribution in [3.8, 4) is 0 Å². The minimum absolute atomic E-state index is 0.0645. The third kappa shape index (κ3) is 3.28. The summed E-state index contributed by atoms with van der Waals surface area (Å²) in [7, 11) is 0. The van der Waals surface area contributed by atoms with Crippen LogP contribution in [0.3, 0.4) is 0 Å². The molecule has 0 radical (unpaired) electrons. The van der Waals surface area contributed by atoms with Crippen molar-refractivity contribution in [1.29, 1.82) is 0 Å². The highest BCUT2D eigenvalue weighted by Crippen LogP contribution is 2.47. The Kier molecular flexibility index (Phi) is 5.00. The molecule has 0 saturated heterocycles. The van der Waals surface area contributed by atoms with Crippen molar-refractivity contribution in [3.63, 3.8) is 0 Å². The van der Waals surface area contributed by atoms with Crippen LogP contribution in [0.25, 0.3) is 0 Å². The van der Waals surface area contributed by atoms with E-state index in [1.54, 1.807) is 0 Å². The molecule has 0 unspecified atom stereocenters. The van der Waals surface area contributed by atoms with Crippen molar-refractivity contribution in [2.24, 2.45) is 11.8 Å². The SMILES string of the molecule is C[C@@H]1CC2(CCCC2)N(C(=O)[C@@H]2CCCC[C@@H]2C(=O)[O-])Cc2ccccc21. The first-order chi connectivity index (χ1) is 13.0. The lowest BCUT2D eigenvalue weighted by Gasteiger charge is -2.45. The van der Waals surface area contributed by atoms with Gasteiger partial charge in [0, 0.05) is 29.9 Å². The molecule has 0 N–H and O–H groups in total. The number of amides is 1. The molecule has 3 atom stereocenters. The van der Waals surface area contributed by atoms with Crippen LogP contribution < -0.4 is 5.11 Å². The molecule has 1 spiro atoms. The Hall–Kier alpha value is -1.84. The number of benzene rings is 1. The second-order valence-electron chi connectivity index (χ2n) is 8.98. The average molecular weight is 368 g/mol. The van der Waals surface area contributed by atoms with E-state index in [9.17, 15) is 14.7 Å². The van der Waals surface area contributed by atoms with Crippen molar-refractivity contribution < 1.29 is 14.7 Å². The molecule has 2 saturated carbocycles. The molecule has 1 aliphatic heterocycles. The number of carboxylic acid groups (broad SMARTS) is 1. The van der Waals surface area contributed by atoms with E-state index in [-0.39, 0.29) is 11.4 Å². The van der Waals surface area contributed by atoms with E-state index in [2.05, 4.69) is 30.0 Å². The number of nitrogens with zero attached hydrogens (tertiary/aromatic N) is 1. The summed E-state index contributed by atoms with van der Waals surface area (Å²) in [5.74, 6) is -1.60. The first-order valence-electron chi connectivity index (χ1n) is 10.6. The lowest BCUT2D eigenvalue weighted by Crippen LogP contribution is -2.54. The van der Waals surface area contributed by atoms with Gasteiger partial charge in [0.25, 0.3) is 0 Å². The zero-order valence-corrected chi connectivity index (χ0v) is 16.3. The predicted molar refractivity (Wildman–Crippen MR) is 102 cm³/mol. The Morgan fingerprint density at radius 3 is 2.41 bits per heavy atom. The summed E-state index contributed by atoms with van der Waals surface area (Å²) in [4.78, 5) is 27.5. The molecule has 146 valence electrons. The zero-order chi connectivity index (χ0) is 19.0. The number of carboxylic acids is 1. The molecule has 2 fully saturated rings. The fraction of sp³-hybridized carbons (Fsp3) is 0.652. The van der Waals surface area contributed by atoms with Crippen LogP contribution in [0.2, 0.25) is 0 Å². The largest absolute Gasteiger partial charge is 0.550 e. The average Bonchev–Trinajstić information content (AvgIpc) is 3.10. The van der Waals surface area contributed by atoms with Gasteiger partial charge in [0.05, 0.1) is 0 Å². The maximum atomic E-state index is 13.7. The van der Waals surface area contributed by atoms with E-state index in [1.165, 1.54) is 11.1 Å². The Balaban J connectivity index is 1.71. The third-order valence-corrected chi connectivity index (χ3v) is 7.36. The van der Waals surface area contributed by atoms with Crippen LogP contribution in [-0.4, -0.2) is 22.3 Å². The van der Waals surface area contributed by atoms with Crippen molar-refractivity contribution in [1.82, 2.24) is 4.90 Å². The molecule has 0 aromatic heterocycles. The molecule has 1 aromatic rings. The predicted octanol–water partition coefficient (Wildman–Crippen LogP) is 3.39. The Labute approximate surface area is 161 Å². The van der Waals surface area contributed by atoms with E-state index in [1.807, 2.05) is 6.07 Å². The van der Waals surface area contributed by atoms with Crippen LogP contribution in [0.5, 0.6) is 0 Å². The molecule has 4 rings (SSSR count). The highest BCUT2D eigenvalue weighted by molar-refractivity contribution is 5.85. The summed E-state index contributed by atoms with van der Waals surface area (Å²) in [6.07, 6.45) is 8.45. The molecule has 4 nitrogen and oxygen atoms in total. The van der Waals surface area contributed by atoms with Gasteiger partial charge < -0.3 is 14.8 Å². The second-order valence-corrected chi connectivity index (χ2v) is 8.98. The topological polar surface area (TPSA) is 60.4 Å². The quantitative estimate of drug-likeness (QED) is 0.804. The molecule has 4 heteroatoms. The van der Waals surface area contributed by atoms with Crippen molar-refractivity contribution in [2.75, 3.05) is 0 Å². The van der Waals surface area contributed by atoms with Gasteiger partial charge in [-0.25, -0.2) is 0 Å². The van der Waals surface area contributed by atoms with Crippen LogP contribution in [0, 0.1) is 11.8 Å². The maximum Gasteiger partial charge on any atom is 0.227 e. The van der Waals surface area contributed by atoms with Gasteiger partial charge in [-0.05, 0) is 49.1 Å². The van der Waals surface area contributed by atoms with Gasteiger partial charge in [-0.2, -0.15) is 0 Å². The van der Waals surface area contributed by atoms with Gasteiger partial charge in [-0.3, -0.25) is 4.79 Å². The molecule has 0 bridgehead atoms. The summed E-state index contributed by atoms with van der Waals surface area (Å²) in [6.45, 7) is 2.90. The lowest BCUT2D eigenvalue weighted by atomic mass is 9.77. The lowest BCUT2D eigenvalue weighted by molar-refractivity contribution is -0.314. The number of hydrogen-bond donors (Lipinski definition) is 0. The summed E-state index contributed by atoms with van der Waals surface area (Å²) in [5.41, 5.74) is 2.46. The van der Waals surface area contributed by atoms with E-state index in [0.717, 1.165) is 44.9 Å². The van der Waals surface area contributed by atoms with E-state index in [4.69, 9.17) is 0 Å². The van der Waals surface area contributed by atoms with Crippen molar-refractivity contribution >= 4 is 11.9 Å². The number of aliphatic carboxylic acids is 1. The first-order valence-corrected chi connectivity index (χ1v) is 10.6. The maximum absolute atomic E-state index is 13.7. The van der Waals surface area contributed by atoms with Gasteiger partial charge in [0.1, 0.15) is 0 Å². The Morgan fingerprint density at radius 2 is 1.70 bits per heavy atom. The highest BCUT2D eigenvalue weighted by atomic mass is 16.4. The van der Waals surface area contributed by atoms with Crippen LogP contribution in [0.15, 0.2) is 24.3 Å². The Bertz CT molecular complexity index is 722. The molecular weight excluding hydrogens is 338 g/mol.